The third-order valence-corrected chi connectivity index (χ3v) is 6.93. The number of alkyl halides is 2. The van der Waals surface area contributed by atoms with Gasteiger partial charge in [-0.25, -0.2) is 0 Å². The third kappa shape index (κ3) is 5.39. The molecule has 2 fully saturated rings. The molecule has 3 rings (SSSR count). The Kier molecular flexibility index (Phi) is 7.09. The largest absolute Gasteiger partial charge is 0.345 e. The van der Waals surface area contributed by atoms with Gasteiger partial charge in [0.25, 0.3) is 0 Å². The molecule has 0 aromatic heterocycles. The van der Waals surface area contributed by atoms with Gasteiger partial charge in [-0.2, -0.15) is 8.78 Å². The molecule has 3 heteroatoms. The zero-order chi connectivity index (χ0) is 17.6. The van der Waals surface area contributed by atoms with Crippen LogP contribution in [-0.2, 0) is 4.74 Å². The smallest absolute Gasteiger partial charge is 0.320 e. The van der Waals surface area contributed by atoms with E-state index < -0.39 is 6.61 Å². The van der Waals surface area contributed by atoms with Crippen LogP contribution < -0.4 is 0 Å². The number of ether oxygens (including phenoxy) is 1. The van der Waals surface area contributed by atoms with Crippen molar-refractivity contribution in [2.75, 3.05) is 0 Å². The van der Waals surface area contributed by atoms with Gasteiger partial charge in [-0.1, -0.05) is 23.8 Å². The molecule has 1 atom stereocenters. The maximum absolute atomic E-state index is 12.3. The maximum Gasteiger partial charge on any atom is 0.345 e. The predicted octanol–water partition coefficient (Wildman–Crippen LogP) is 6.89. The highest BCUT2D eigenvalue weighted by molar-refractivity contribution is 5.12. The first-order valence-corrected chi connectivity index (χ1v) is 10.4. The predicted molar refractivity (Wildman–Crippen MR) is 98.5 cm³/mol. The summed E-state index contributed by atoms with van der Waals surface area (Å²) >= 11 is 0. The minimum atomic E-state index is -2.61. The molecule has 3 aliphatic carbocycles. The summed E-state index contributed by atoms with van der Waals surface area (Å²) in [4.78, 5) is 0. The summed E-state index contributed by atoms with van der Waals surface area (Å²) in [5.41, 5.74) is 1.62. The van der Waals surface area contributed by atoms with E-state index in [-0.39, 0.29) is 6.10 Å². The summed E-state index contributed by atoms with van der Waals surface area (Å²) in [6, 6.07) is 0. The standard InChI is InChI=1S/C22H34F2O/c1-2-3-16-4-6-17(7-5-16)18-8-10-19(11-9-18)20-12-14-21(15-13-20)25-22(23)24/h2-3,10,16-18,20-22H,4-9,11-15H2,1H3/b3-2+. The summed E-state index contributed by atoms with van der Waals surface area (Å²) < 4.78 is 29.3. The second kappa shape index (κ2) is 9.30. The van der Waals surface area contributed by atoms with E-state index >= 15 is 0 Å². The van der Waals surface area contributed by atoms with Gasteiger partial charge in [0.15, 0.2) is 0 Å². The molecule has 25 heavy (non-hydrogen) atoms. The van der Waals surface area contributed by atoms with Crippen molar-refractivity contribution >= 4 is 0 Å². The van der Waals surface area contributed by atoms with E-state index in [1.807, 2.05) is 0 Å². The molecule has 0 aromatic carbocycles. The van der Waals surface area contributed by atoms with Crippen LogP contribution in [0.15, 0.2) is 23.8 Å². The van der Waals surface area contributed by atoms with E-state index in [0.717, 1.165) is 43.4 Å². The van der Waals surface area contributed by atoms with Crippen LogP contribution in [0.1, 0.15) is 77.6 Å². The molecule has 0 heterocycles. The molecule has 0 amide bonds. The van der Waals surface area contributed by atoms with Gasteiger partial charge in [0.1, 0.15) is 0 Å². The average molecular weight is 353 g/mol. The fraction of sp³-hybridized carbons (Fsp3) is 0.818. The lowest BCUT2D eigenvalue weighted by Crippen LogP contribution is -2.26. The first kappa shape index (κ1) is 19.1. The van der Waals surface area contributed by atoms with Crippen molar-refractivity contribution in [2.24, 2.45) is 23.7 Å². The van der Waals surface area contributed by atoms with Gasteiger partial charge in [0, 0.05) is 0 Å². The van der Waals surface area contributed by atoms with E-state index in [2.05, 4.69) is 25.2 Å². The van der Waals surface area contributed by atoms with Gasteiger partial charge in [0.2, 0.25) is 0 Å². The molecule has 142 valence electrons. The van der Waals surface area contributed by atoms with Gasteiger partial charge in [-0.15, -0.1) is 0 Å². The van der Waals surface area contributed by atoms with Crippen LogP contribution >= 0.6 is 0 Å². The number of halogens is 2. The summed E-state index contributed by atoms with van der Waals surface area (Å²) in [7, 11) is 0. The minimum absolute atomic E-state index is 0.222. The van der Waals surface area contributed by atoms with E-state index in [1.54, 1.807) is 5.57 Å². The molecule has 3 aliphatic rings. The van der Waals surface area contributed by atoms with Crippen molar-refractivity contribution in [3.8, 4) is 0 Å². The topological polar surface area (TPSA) is 9.23 Å². The Morgan fingerprint density at radius 3 is 2.24 bits per heavy atom. The lowest BCUT2D eigenvalue weighted by atomic mass is 9.69. The first-order chi connectivity index (χ1) is 12.2. The number of rotatable bonds is 5. The molecule has 0 N–H and O–H groups in total. The average Bonchev–Trinajstić information content (AvgIpc) is 2.63. The third-order valence-electron chi connectivity index (χ3n) is 6.93. The van der Waals surface area contributed by atoms with E-state index in [4.69, 9.17) is 4.74 Å². The van der Waals surface area contributed by atoms with Crippen molar-refractivity contribution in [3.63, 3.8) is 0 Å². The van der Waals surface area contributed by atoms with Crippen molar-refractivity contribution < 1.29 is 13.5 Å². The van der Waals surface area contributed by atoms with Gasteiger partial charge >= 0.3 is 6.61 Å². The zero-order valence-corrected chi connectivity index (χ0v) is 15.6. The number of hydrogen-bond donors (Lipinski definition) is 0. The Labute approximate surface area is 151 Å². The highest BCUT2D eigenvalue weighted by atomic mass is 19.3. The second-order valence-corrected chi connectivity index (χ2v) is 8.38. The van der Waals surface area contributed by atoms with Crippen LogP contribution in [0.4, 0.5) is 8.78 Å². The molecule has 2 saturated carbocycles. The minimum Gasteiger partial charge on any atom is -0.320 e. The SMILES string of the molecule is C/C=C/C1CCC(C2CC=C(C3CCC(OC(F)F)CC3)CC2)CC1. The lowest BCUT2D eigenvalue weighted by Gasteiger charge is -2.37. The Bertz CT molecular complexity index is 455. The van der Waals surface area contributed by atoms with Crippen LogP contribution in [0, 0.1) is 23.7 Å². The molecular formula is C22H34F2O. The van der Waals surface area contributed by atoms with Crippen LogP contribution in [0.25, 0.3) is 0 Å². The van der Waals surface area contributed by atoms with Crippen molar-refractivity contribution in [2.45, 2.75) is 90.3 Å². The van der Waals surface area contributed by atoms with E-state index in [9.17, 15) is 8.78 Å². The summed E-state index contributed by atoms with van der Waals surface area (Å²) in [5, 5.41) is 0. The Balaban J connectivity index is 1.42. The molecular weight excluding hydrogens is 318 g/mol. The lowest BCUT2D eigenvalue weighted by molar-refractivity contribution is -0.170. The van der Waals surface area contributed by atoms with Gasteiger partial charge in [-0.3, -0.25) is 0 Å². The highest BCUT2D eigenvalue weighted by Gasteiger charge is 2.31. The van der Waals surface area contributed by atoms with Crippen molar-refractivity contribution in [1.29, 1.82) is 0 Å². The van der Waals surface area contributed by atoms with E-state index in [1.165, 1.54) is 44.9 Å². The molecule has 1 unspecified atom stereocenters. The molecule has 0 aliphatic heterocycles. The quantitative estimate of drug-likeness (QED) is 0.489. The summed E-state index contributed by atoms with van der Waals surface area (Å²) in [6.45, 7) is -0.480. The number of hydrogen-bond acceptors (Lipinski definition) is 1. The maximum atomic E-state index is 12.3. The Morgan fingerprint density at radius 1 is 0.960 bits per heavy atom. The van der Waals surface area contributed by atoms with Gasteiger partial charge in [-0.05, 0) is 101 Å². The molecule has 0 aromatic rings. The summed E-state index contributed by atoms with van der Waals surface area (Å²) in [6.07, 6.45) is 19.9. The first-order valence-electron chi connectivity index (χ1n) is 10.4. The molecule has 0 saturated heterocycles. The molecule has 0 radical (unpaired) electrons. The second-order valence-electron chi connectivity index (χ2n) is 8.38. The van der Waals surface area contributed by atoms with E-state index in [0.29, 0.717) is 5.92 Å². The number of allylic oxidation sites excluding steroid dienone is 4. The normalized spacial score (nSPS) is 37.4. The monoisotopic (exact) mass is 352 g/mol. The highest BCUT2D eigenvalue weighted by Crippen LogP contribution is 2.43. The fourth-order valence-electron chi connectivity index (χ4n) is 5.47. The van der Waals surface area contributed by atoms with Gasteiger partial charge in [0.05, 0.1) is 6.10 Å². The molecule has 0 spiro atoms. The zero-order valence-electron chi connectivity index (χ0n) is 15.6. The van der Waals surface area contributed by atoms with Crippen LogP contribution in [0.5, 0.6) is 0 Å². The van der Waals surface area contributed by atoms with Crippen LogP contribution in [0.3, 0.4) is 0 Å². The van der Waals surface area contributed by atoms with Crippen LogP contribution in [0.2, 0.25) is 0 Å². The fourth-order valence-corrected chi connectivity index (χ4v) is 5.47. The van der Waals surface area contributed by atoms with Crippen molar-refractivity contribution in [3.05, 3.63) is 23.8 Å². The Hall–Kier alpha value is -0.700. The molecule has 1 nitrogen and oxygen atoms in total. The van der Waals surface area contributed by atoms with Gasteiger partial charge < -0.3 is 4.74 Å². The van der Waals surface area contributed by atoms with Crippen molar-refractivity contribution in [1.82, 2.24) is 0 Å². The van der Waals surface area contributed by atoms with Crippen LogP contribution in [-0.4, -0.2) is 12.7 Å². The molecule has 0 bridgehead atoms. The Morgan fingerprint density at radius 2 is 1.68 bits per heavy atom. The summed E-state index contributed by atoms with van der Waals surface area (Å²) in [5.74, 6) is 3.26.